The molecule has 48 heteroatoms. The van der Waals surface area contributed by atoms with Crippen LogP contribution in [0.15, 0.2) is 11.6 Å². The quantitative estimate of drug-likeness (QED) is 0.0243. The number of rotatable bonds is 21. The number of allylic oxidation sites excluding steroid dienone is 2. The molecule has 0 spiro atoms. The Hall–Kier alpha value is 3.81. The van der Waals surface area contributed by atoms with E-state index in [1.54, 1.807) is 19.9 Å². The molecule has 2 heterocycles. The van der Waals surface area contributed by atoms with Crippen molar-refractivity contribution in [3.8, 4) is 0 Å². The van der Waals surface area contributed by atoms with E-state index in [0.29, 0.717) is 25.7 Å². The Morgan fingerprint density at radius 1 is 0.516 bits per heavy atom. The van der Waals surface area contributed by atoms with Crippen LogP contribution in [-0.2, 0) is 135 Å². The van der Waals surface area contributed by atoms with E-state index in [9.17, 15) is 95.6 Å². The van der Waals surface area contributed by atoms with E-state index in [1.165, 1.54) is 7.11 Å². The van der Waals surface area contributed by atoms with Crippen molar-refractivity contribution in [2.75, 3.05) is 20.3 Å². The molecule has 7 rings (SSSR count). The van der Waals surface area contributed by atoms with Gasteiger partial charge in [0.1, 0.15) is 36.6 Å². The summed E-state index contributed by atoms with van der Waals surface area (Å²) >= 11 is 0. The topological polar surface area (TPSA) is 525 Å². The summed E-state index contributed by atoms with van der Waals surface area (Å²) in [5.74, 6) is -1.78. The Balaban J connectivity index is 0.00000690. The number of carbonyl (C=O) groups is 2. The molecule has 7 aliphatic rings. The standard InChI is InChI=1S/C43H68O35S7.6Na/c1-38(2)26-9-12-43(7)34(23(44)17-21-22-18-40(4,37(45)67-8)14-13-39(22,3)15-16-42(21,43)6)41(26,5)11-10-27(38)72-35-32(77-84(61,62)63)30(75-82(55,56)57)28(24(70-35)19-68-79(46,47)48)73-36-33(78-85(64,65)66)31(76-83(58,59)60)29(74-81(52,53)54)25(71-36)20-69-80(49,50)51;;;;;;/h17,22,24-36H,9-16,18-20H2,1-8H3,(H,46,47,48)(H,49,50,51)(H,52,53,54)(H,55,56,57)(H,58,59,60)(H,61,62,63)(H,64,65,66);;;;;;/q;6*+1/t22?,24-,25-,26?,27+,28-,29+,30+,31+,32-,33-,34?,35+,36-,39-,40+,41+,42-,43-;;;;;;/m1....../s1. The van der Waals surface area contributed by atoms with Crippen LogP contribution in [0.5, 0.6) is 0 Å². The van der Waals surface area contributed by atoms with Gasteiger partial charge in [0.25, 0.3) is 0 Å². The maximum absolute atomic E-state index is 15.2. The van der Waals surface area contributed by atoms with E-state index in [1.807, 2.05) is 13.8 Å². The summed E-state index contributed by atoms with van der Waals surface area (Å²) in [5.41, 5.74) is -3.34. The molecule has 5 aliphatic carbocycles. The van der Waals surface area contributed by atoms with Crippen LogP contribution < -0.4 is 177 Å². The van der Waals surface area contributed by atoms with Gasteiger partial charge in [0.15, 0.2) is 30.6 Å². The molecule has 492 valence electrons. The van der Waals surface area contributed by atoms with Crippen molar-refractivity contribution in [2.45, 2.75) is 174 Å². The van der Waals surface area contributed by atoms with Gasteiger partial charge in [0, 0.05) is 5.92 Å². The number of methoxy groups -OCH3 is 1. The van der Waals surface area contributed by atoms with Crippen LogP contribution in [0.2, 0.25) is 0 Å². The molecule has 6 fully saturated rings. The van der Waals surface area contributed by atoms with Crippen LogP contribution in [0.1, 0.15) is 106 Å². The molecule has 0 aromatic heterocycles. The molecule has 4 saturated carbocycles. The second kappa shape index (κ2) is 32.9. The van der Waals surface area contributed by atoms with E-state index in [-0.39, 0.29) is 213 Å². The fourth-order valence-corrected chi connectivity index (χ4v) is 18.2. The van der Waals surface area contributed by atoms with Crippen LogP contribution in [0, 0.1) is 50.2 Å². The summed E-state index contributed by atoms with van der Waals surface area (Å²) in [6.07, 6.45) is -25.2. The van der Waals surface area contributed by atoms with Crippen LogP contribution >= 0.6 is 0 Å². The molecule has 0 radical (unpaired) electrons. The maximum atomic E-state index is 15.2. The Morgan fingerprint density at radius 3 is 1.36 bits per heavy atom. The fraction of sp³-hybridized carbons (Fsp3) is 0.907. The zero-order valence-corrected chi connectivity index (χ0v) is 70.1. The Labute approximate surface area is 661 Å². The summed E-state index contributed by atoms with van der Waals surface area (Å²) in [4.78, 5) is 28.4. The third-order valence-corrected chi connectivity index (χ3v) is 22.1. The van der Waals surface area contributed by atoms with Gasteiger partial charge < -0.3 is 23.7 Å². The van der Waals surface area contributed by atoms with Crippen molar-refractivity contribution in [3.05, 3.63) is 11.6 Å². The Morgan fingerprint density at radius 2 is 0.923 bits per heavy atom. The molecule has 0 amide bonds. The monoisotopic (exact) mass is 1510 g/mol. The third-order valence-electron chi connectivity index (χ3n) is 18.9. The van der Waals surface area contributed by atoms with Crippen LogP contribution in [0.3, 0.4) is 0 Å². The van der Waals surface area contributed by atoms with Gasteiger partial charge in [-0.2, -0.15) is 58.9 Å². The molecule has 91 heavy (non-hydrogen) atoms. The minimum atomic E-state index is -6.19. The first kappa shape index (κ1) is 92.8. The van der Waals surface area contributed by atoms with Crippen LogP contribution in [0.25, 0.3) is 0 Å². The summed E-state index contributed by atoms with van der Waals surface area (Å²) in [6, 6.07) is 0. The summed E-state index contributed by atoms with van der Waals surface area (Å²) in [5, 5.41) is 0. The zero-order valence-electron chi connectivity index (χ0n) is 52.4. The van der Waals surface area contributed by atoms with Gasteiger partial charge in [0.2, 0.25) is 0 Å². The summed E-state index contributed by atoms with van der Waals surface area (Å²) in [7, 11) is -40.7. The molecule has 3 unspecified atom stereocenters. The predicted molar refractivity (Wildman–Crippen MR) is 276 cm³/mol. The van der Waals surface area contributed by atoms with Gasteiger partial charge in [-0.3, -0.25) is 41.5 Å². The smallest absolute Gasteiger partial charge is 0.469 e. The van der Waals surface area contributed by atoms with Crippen molar-refractivity contribution in [1.29, 1.82) is 0 Å². The number of carbonyl (C=O) groups excluding carboxylic acids is 2. The largest absolute Gasteiger partial charge is 1.00 e. The Bertz CT molecular complexity index is 3480. The van der Waals surface area contributed by atoms with Gasteiger partial charge >= 0.3 is 256 Å². The van der Waals surface area contributed by atoms with Gasteiger partial charge in [-0.25, -0.2) is 29.3 Å². The minimum Gasteiger partial charge on any atom is -0.469 e. The first-order valence-corrected chi connectivity index (χ1v) is 35.3. The molecule has 7 N–H and O–H groups in total. The SMILES string of the molecule is COC(=O)[C@@]1(C)CC[C@]2(C)CC[C@]3(C)C(=CC(=O)C4[C@@]5(C)CC[C@H](O[C@@H]6O[C@H](COS(=O)(=O)O)[C@@H](O[C@H]7O[C@H](COS(=O)(=O)O)[C@H](OS(=O)(=O)O)[C@H](OS(=O)(=O)O)[C@H]7OS(=O)(=O)O)[C@H](OS(=O)(=O)O)[C@H]6OS(=O)(=O)O)C(C)(C)C5CC[C@]43C)C2C1.[Na+].[Na+].[Na+].[Na+].[Na+].[Na+]. The van der Waals surface area contributed by atoms with Crippen molar-refractivity contribution < 1.29 is 331 Å². The van der Waals surface area contributed by atoms with Crippen molar-refractivity contribution in [2.24, 2.45) is 50.2 Å². The number of esters is 1. The van der Waals surface area contributed by atoms with Gasteiger partial charge in [0.05, 0.1) is 31.8 Å². The second-order valence-electron chi connectivity index (χ2n) is 24.3. The number of hydrogen-bond acceptors (Lipinski definition) is 28. The molecular formula is C43H68Na6O35S7+6. The molecular weight excluding hydrogens is 1440 g/mol. The van der Waals surface area contributed by atoms with Gasteiger partial charge in [-0.1, -0.05) is 47.1 Å². The van der Waals surface area contributed by atoms with Gasteiger partial charge in [-0.15, -0.1) is 0 Å². The molecule has 35 nitrogen and oxygen atoms in total. The number of hydrogen-bond donors (Lipinski definition) is 7. The number of fused-ring (bicyclic) bond motifs is 7. The zero-order chi connectivity index (χ0) is 64.3. The summed E-state index contributed by atoms with van der Waals surface area (Å²) < 4.78 is 301. The molecule has 0 aromatic rings. The molecule has 0 bridgehead atoms. The third kappa shape index (κ3) is 21.7. The number of ether oxygens (including phenoxy) is 5. The van der Waals surface area contributed by atoms with E-state index < -0.39 is 192 Å². The molecule has 2 saturated heterocycles. The van der Waals surface area contributed by atoms with E-state index in [4.69, 9.17) is 32.1 Å². The van der Waals surface area contributed by atoms with Gasteiger partial charge in [-0.05, 0) is 110 Å². The first-order valence-electron chi connectivity index (χ1n) is 25.8. The fourth-order valence-electron chi connectivity index (χ4n) is 15.1. The van der Waals surface area contributed by atoms with Crippen LogP contribution in [-0.4, -0.2) is 190 Å². The van der Waals surface area contributed by atoms with E-state index >= 15 is 4.79 Å². The Kier molecular flexibility index (Phi) is 33.5. The number of ketones is 1. The molecule has 19 atom stereocenters. The minimum absolute atomic E-state index is 0. The van der Waals surface area contributed by atoms with Crippen molar-refractivity contribution >= 4 is 84.5 Å². The molecule has 2 aliphatic heterocycles. The van der Waals surface area contributed by atoms with E-state index in [2.05, 4.69) is 41.7 Å². The first-order chi connectivity index (χ1) is 38.3. The van der Waals surface area contributed by atoms with Crippen molar-refractivity contribution in [3.63, 3.8) is 0 Å². The predicted octanol–water partition coefficient (Wildman–Crippen LogP) is -17.0. The molecule has 0 aromatic carbocycles. The average molecular weight is 1510 g/mol. The normalized spacial score (nSPS) is 38.4. The maximum Gasteiger partial charge on any atom is 1.00 e. The average Bonchev–Trinajstić information content (AvgIpc) is 0.676. The van der Waals surface area contributed by atoms with Crippen LogP contribution in [0.4, 0.5) is 0 Å². The second-order valence-corrected chi connectivity index (χ2v) is 31.7. The summed E-state index contributed by atoms with van der Waals surface area (Å²) in [6.45, 7) is 10.1. The van der Waals surface area contributed by atoms with Crippen molar-refractivity contribution in [1.82, 2.24) is 0 Å². The van der Waals surface area contributed by atoms with E-state index in [0.717, 1.165) is 24.8 Å².